The van der Waals surface area contributed by atoms with E-state index in [1.165, 1.54) is 17.7 Å². The van der Waals surface area contributed by atoms with Gasteiger partial charge < -0.3 is 9.30 Å². The van der Waals surface area contributed by atoms with Crippen LogP contribution in [0, 0.1) is 6.92 Å². The molecular formula is C26H26BrNO4. The highest BCUT2D eigenvalue weighted by Crippen LogP contribution is 2.32. The van der Waals surface area contributed by atoms with Crippen LogP contribution < -0.4 is 5.56 Å². The van der Waals surface area contributed by atoms with Crippen LogP contribution in [-0.2, 0) is 16.1 Å². The van der Waals surface area contributed by atoms with E-state index in [2.05, 4.69) is 26.7 Å². The number of carbonyl (C=O) groups is 2. The molecule has 166 valence electrons. The monoisotopic (exact) mass is 495 g/mol. The van der Waals surface area contributed by atoms with Gasteiger partial charge in [0.15, 0.2) is 5.78 Å². The smallest absolute Gasteiger partial charge is 0.305 e. The van der Waals surface area contributed by atoms with Crippen LogP contribution in [-0.4, -0.2) is 23.4 Å². The number of halogens is 1. The van der Waals surface area contributed by atoms with E-state index < -0.39 is 0 Å². The molecule has 0 saturated heterocycles. The predicted octanol–water partition coefficient (Wildman–Crippen LogP) is 5.28. The van der Waals surface area contributed by atoms with E-state index in [9.17, 15) is 14.4 Å². The number of carbonyl (C=O) groups excluding carboxylic acids is 2. The van der Waals surface area contributed by atoms with Crippen LogP contribution in [0.15, 0.2) is 76.1 Å². The number of pyridine rings is 1. The molecule has 1 atom stereocenters. The summed E-state index contributed by atoms with van der Waals surface area (Å²) in [5.41, 5.74) is 3.57. The molecule has 0 fully saturated rings. The molecule has 5 nitrogen and oxygen atoms in total. The molecule has 3 rings (SSSR count). The van der Waals surface area contributed by atoms with Crippen LogP contribution in [0.25, 0.3) is 0 Å². The second-order valence-electron chi connectivity index (χ2n) is 7.72. The largest absolute Gasteiger partial charge is 0.469 e. The molecule has 6 heteroatoms. The van der Waals surface area contributed by atoms with Gasteiger partial charge >= 0.3 is 5.97 Å². The van der Waals surface area contributed by atoms with Crippen LogP contribution in [0.3, 0.4) is 0 Å². The van der Waals surface area contributed by atoms with E-state index in [-0.39, 0.29) is 36.1 Å². The number of methoxy groups -OCH3 is 1. The summed E-state index contributed by atoms with van der Waals surface area (Å²) in [5.74, 6) is -0.458. The van der Waals surface area contributed by atoms with E-state index in [1.54, 1.807) is 12.3 Å². The zero-order valence-corrected chi connectivity index (χ0v) is 19.8. The van der Waals surface area contributed by atoms with Crippen molar-refractivity contribution in [3.8, 4) is 0 Å². The van der Waals surface area contributed by atoms with Crippen molar-refractivity contribution in [3.05, 3.63) is 104 Å². The van der Waals surface area contributed by atoms with Crippen molar-refractivity contribution in [1.82, 2.24) is 4.57 Å². The quantitative estimate of drug-likeness (QED) is 0.299. The summed E-state index contributed by atoms with van der Waals surface area (Å²) in [6, 6.07) is 19.1. The number of Topliss-reactive ketones (excluding diaryl/α,β-unsaturated/α-hetero) is 1. The van der Waals surface area contributed by atoms with Crippen LogP contribution >= 0.6 is 15.9 Å². The number of esters is 1. The van der Waals surface area contributed by atoms with Crippen molar-refractivity contribution < 1.29 is 14.3 Å². The Hall–Kier alpha value is -2.99. The van der Waals surface area contributed by atoms with Crippen molar-refractivity contribution >= 4 is 27.7 Å². The zero-order valence-electron chi connectivity index (χ0n) is 18.2. The van der Waals surface area contributed by atoms with Gasteiger partial charge in [0, 0.05) is 47.6 Å². The number of rotatable bonds is 9. The van der Waals surface area contributed by atoms with Gasteiger partial charge in [0.1, 0.15) is 0 Å². The van der Waals surface area contributed by atoms with E-state index in [4.69, 9.17) is 0 Å². The lowest BCUT2D eigenvalue weighted by molar-refractivity contribution is -0.140. The van der Waals surface area contributed by atoms with Crippen molar-refractivity contribution in [3.63, 3.8) is 0 Å². The molecular weight excluding hydrogens is 470 g/mol. The Kier molecular flexibility index (Phi) is 8.17. The van der Waals surface area contributed by atoms with Crippen molar-refractivity contribution in [2.24, 2.45) is 0 Å². The Morgan fingerprint density at radius 1 is 1.03 bits per heavy atom. The molecule has 32 heavy (non-hydrogen) atoms. The number of nitrogens with zero attached hydrogens (tertiary/aromatic N) is 1. The fraction of sp³-hybridized carbons (Fsp3) is 0.269. The summed E-state index contributed by atoms with van der Waals surface area (Å²) in [6.45, 7) is 2.40. The third-order valence-corrected chi connectivity index (χ3v) is 6.07. The molecule has 0 bridgehead atoms. The zero-order chi connectivity index (χ0) is 23.1. The number of aromatic nitrogens is 1. The Balaban J connectivity index is 1.85. The predicted molar refractivity (Wildman–Crippen MR) is 128 cm³/mol. The molecule has 0 N–H and O–H groups in total. The first-order valence-corrected chi connectivity index (χ1v) is 11.3. The van der Waals surface area contributed by atoms with E-state index in [0.29, 0.717) is 18.5 Å². The average molecular weight is 496 g/mol. The number of ether oxygens (including phenoxy) is 1. The van der Waals surface area contributed by atoms with Gasteiger partial charge in [-0.15, -0.1) is 0 Å². The Morgan fingerprint density at radius 3 is 2.44 bits per heavy atom. The first-order valence-electron chi connectivity index (χ1n) is 10.5. The molecule has 0 aliphatic heterocycles. The molecule has 0 radical (unpaired) electrons. The fourth-order valence-electron chi connectivity index (χ4n) is 3.75. The maximum Gasteiger partial charge on any atom is 0.305 e. The maximum atomic E-state index is 13.3. The van der Waals surface area contributed by atoms with Gasteiger partial charge in [-0.25, -0.2) is 0 Å². The number of hydrogen-bond acceptors (Lipinski definition) is 4. The second-order valence-corrected chi connectivity index (χ2v) is 8.63. The fourth-order valence-corrected chi connectivity index (χ4v) is 4.01. The summed E-state index contributed by atoms with van der Waals surface area (Å²) in [4.78, 5) is 36.8. The van der Waals surface area contributed by atoms with Gasteiger partial charge in [-0.1, -0.05) is 52.3 Å². The number of aryl methyl sites for hydroxylation is 2. The third kappa shape index (κ3) is 6.04. The third-order valence-electron chi connectivity index (χ3n) is 5.54. The summed E-state index contributed by atoms with van der Waals surface area (Å²) in [7, 11) is 1.34. The van der Waals surface area contributed by atoms with Crippen LogP contribution in [0.4, 0.5) is 0 Å². The van der Waals surface area contributed by atoms with Crippen molar-refractivity contribution in [2.45, 2.75) is 38.6 Å². The topological polar surface area (TPSA) is 65.4 Å². The normalized spacial score (nSPS) is 11.7. The molecule has 1 unspecified atom stereocenters. The maximum absolute atomic E-state index is 13.3. The molecule has 1 aromatic heterocycles. The van der Waals surface area contributed by atoms with E-state index >= 15 is 0 Å². The highest BCUT2D eigenvalue weighted by molar-refractivity contribution is 9.10. The molecule has 1 heterocycles. The van der Waals surface area contributed by atoms with Gasteiger partial charge in [-0.05, 0) is 48.2 Å². The van der Waals surface area contributed by atoms with Crippen LogP contribution in [0.2, 0.25) is 0 Å². The van der Waals surface area contributed by atoms with E-state index in [1.807, 2.05) is 49.4 Å². The molecule has 2 aromatic carbocycles. The first-order chi connectivity index (χ1) is 15.4. The minimum Gasteiger partial charge on any atom is -0.469 e. The van der Waals surface area contributed by atoms with Gasteiger partial charge in [-0.2, -0.15) is 0 Å². The molecule has 0 aliphatic carbocycles. The Morgan fingerprint density at radius 2 is 1.75 bits per heavy atom. The Bertz CT molecular complexity index is 1150. The summed E-state index contributed by atoms with van der Waals surface area (Å²) in [5, 5.41) is 0. The van der Waals surface area contributed by atoms with Crippen LogP contribution in [0.5, 0.6) is 0 Å². The Labute approximate surface area is 196 Å². The summed E-state index contributed by atoms with van der Waals surface area (Å²) >= 11 is 3.47. The SMILES string of the molecule is COC(=O)CCCn1cc(C(=O)CC(c2ccc(Br)cc2)c2ccccc2C)ccc1=O. The lowest BCUT2D eigenvalue weighted by atomic mass is 9.84. The lowest BCUT2D eigenvalue weighted by Crippen LogP contribution is -2.21. The van der Waals surface area contributed by atoms with Crippen LogP contribution in [0.1, 0.15) is 52.2 Å². The molecule has 0 aliphatic rings. The number of hydrogen-bond donors (Lipinski definition) is 0. The lowest BCUT2D eigenvalue weighted by Gasteiger charge is -2.20. The minimum atomic E-state index is -0.319. The second kappa shape index (κ2) is 11.0. The molecule has 3 aromatic rings. The molecule has 0 spiro atoms. The average Bonchev–Trinajstić information content (AvgIpc) is 2.79. The van der Waals surface area contributed by atoms with Gasteiger partial charge in [0.05, 0.1) is 7.11 Å². The molecule has 0 amide bonds. The van der Waals surface area contributed by atoms with Crippen molar-refractivity contribution in [2.75, 3.05) is 7.11 Å². The van der Waals surface area contributed by atoms with Gasteiger partial charge in [0.2, 0.25) is 0 Å². The number of ketones is 1. The summed E-state index contributed by atoms with van der Waals surface area (Å²) < 4.78 is 7.11. The molecule has 0 saturated carbocycles. The minimum absolute atomic E-state index is 0.0390. The highest BCUT2D eigenvalue weighted by atomic mass is 79.9. The number of benzene rings is 2. The highest BCUT2D eigenvalue weighted by Gasteiger charge is 2.21. The van der Waals surface area contributed by atoms with E-state index in [0.717, 1.165) is 21.2 Å². The van der Waals surface area contributed by atoms with Gasteiger partial charge in [0.25, 0.3) is 5.56 Å². The summed E-state index contributed by atoms with van der Waals surface area (Å²) in [6.07, 6.45) is 2.57. The van der Waals surface area contributed by atoms with Gasteiger partial charge in [-0.3, -0.25) is 14.4 Å². The van der Waals surface area contributed by atoms with Crippen molar-refractivity contribution in [1.29, 1.82) is 0 Å². The standard InChI is InChI=1S/C26H26BrNO4/c1-18-6-3-4-7-22(18)23(19-9-12-21(27)13-10-19)16-24(29)20-11-14-25(30)28(17-20)15-5-8-26(31)32-2/h3-4,6-7,9-14,17,23H,5,8,15-16H2,1-2H3. The first kappa shape index (κ1) is 23.7.